The Morgan fingerprint density at radius 2 is 1.81 bits per heavy atom. The van der Waals surface area contributed by atoms with Crippen LogP contribution in [-0.2, 0) is 9.59 Å². The van der Waals surface area contributed by atoms with Gasteiger partial charge in [0.1, 0.15) is 0 Å². The summed E-state index contributed by atoms with van der Waals surface area (Å²) >= 11 is 9.82. The molecule has 0 saturated carbocycles. The SMILES string of the molecule is O=C(O)CCC(=O)N1N=C(c2c(-c3ccccc3)c3cc(Cl)ccc3[nH]c2=O)CC1c1cccc(Br)c1. The lowest BCUT2D eigenvalue weighted by atomic mass is 9.91. The third-order valence-corrected chi connectivity index (χ3v) is 7.01. The average molecular weight is 579 g/mol. The van der Waals surface area contributed by atoms with E-state index >= 15 is 0 Å². The number of aliphatic carboxylic acids is 1. The van der Waals surface area contributed by atoms with E-state index in [1.54, 1.807) is 18.2 Å². The smallest absolute Gasteiger partial charge is 0.303 e. The van der Waals surface area contributed by atoms with Gasteiger partial charge in [-0.25, -0.2) is 5.01 Å². The number of hydrogen-bond acceptors (Lipinski definition) is 4. The van der Waals surface area contributed by atoms with E-state index in [9.17, 15) is 14.4 Å². The van der Waals surface area contributed by atoms with Crippen molar-refractivity contribution >= 4 is 56.0 Å². The van der Waals surface area contributed by atoms with Crippen molar-refractivity contribution in [2.45, 2.75) is 25.3 Å². The van der Waals surface area contributed by atoms with Gasteiger partial charge in [0.25, 0.3) is 5.56 Å². The molecule has 37 heavy (non-hydrogen) atoms. The Morgan fingerprint density at radius 3 is 2.54 bits per heavy atom. The summed E-state index contributed by atoms with van der Waals surface area (Å²) in [6, 6.07) is 21.8. The minimum Gasteiger partial charge on any atom is -0.481 e. The molecule has 1 aliphatic heterocycles. The van der Waals surface area contributed by atoms with Crippen LogP contribution in [0.1, 0.15) is 36.4 Å². The zero-order valence-electron chi connectivity index (χ0n) is 19.4. The Hall–Kier alpha value is -3.75. The summed E-state index contributed by atoms with van der Waals surface area (Å²) in [4.78, 5) is 40.7. The minimum atomic E-state index is -1.06. The maximum absolute atomic E-state index is 13.5. The molecule has 1 aliphatic rings. The molecular weight excluding hydrogens is 558 g/mol. The standard InChI is InChI=1S/C28H21BrClN3O4/c29-18-8-4-7-17(13-18)23-15-22(32-33(23)24(34)11-12-25(35)36)27-26(16-5-2-1-3-6-16)20-14-19(30)9-10-21(20)31-28(27)37/h1-10,13-14,23H,11-12,15H2,(H,31,37)(H,35,36). The largest absolute Gasteiger partial charge is 0.481 e. The van der Waals surface area contributed by atoms with E-state index in [2.05, 4.69) is 26.0 Å². The van der Waals surface area contributed by atoms with E-state index in [1.165, 1.54) is 5.01 Å². The van der Waals surface area contributed by atoms with E-state index in [4.69, 9.17) is 16.7 Å². The molecule has 7 nitrogen and oxygen atoms in total. The molecule has 5 rings (SSSR count). The number of aromatic amines is 1. The van der Waals surface area contributed by atoms with Gasteiger partial charge in [-0.2, -0.15) is 5.10 Å². The summed E-state index contributed by atoms with van der Waals surface area (Å²) in [5, 5.41) is 16.3. The number of hydrazone groups is 1. The first-order chi connectivity index (χ1) is 17.8. The van der Waals surface area contributed by atoms with E-state index in [-0.39, 0.29) is 24.8 Å². The van der Waals surface area contributed by atoms with Crippen molar-refractivity contribution in [1.82, 2.24) is 9.99 Å². The number of carboxylic acid groups (broad SMARTS) is 1. The number of hydrogen-bond donors (Lipinski definition) is 2. The number of amides is 1. The second kappa shape index (κ2) is 10.3. The zero-order chi connectivity index (χ0) is 26.1. The third-order valence-electron chi connectivity index (χ3n) is 6.28. The molecule has 2 N–H and O–H groups in total. The summed E-state index contributed by atoms with van der Waals surface area (Å²) in [5.41, 5.74) is 3.40. The summed E-state index contributed by atoms with van der Waals surface area (Å²) in [6.07, 6.45) is -0.230. The molecule has 0 aliphatic carbocycles. The molecule has 0 radical (unpaired) electrons. The molecule has 1 unspecified atom stereocenters. The quantitative estimate of drug-likeness (QED) is 0.286. The van der Waals surface area contributed by atoms with Crippen molar-refractivity contribution in [2.75, 3.05) is 0 Å². The van der Waals surface area contributed by atoms with Crippen molar-refractivity contribution in [3.63, 3.8) is 0 Å². The maximum atomic E-state index is 13.5. The summed E-state index contributed by atoms with van der Waals surface area (Å²) in [5.74, 6) is -1.49. The predicted molar refractivity (Wildman–Crippen MR) is 147 cm³/mol. The number of rotatable bonds is 6. The molecule has 0 spiro atoms. The van der Waals surface area contributed by atoms with Crippen LogP contribution in [0.2, 0.25) is 5.02 Å². The van der Waals surface area contributed by atoms with Gasteiger partial charge in [0.15, 0.2) is 0 Å². The van der Waals surface area contributed by atoms with E-state index in [0.717, 1.165) is 21.0 Å². The Balaban J connectivity index is 1.70. The molecular formula is C28H21BrClN3O4. The van der Waals surface area contributed by atoms with Crippen molar-refractivity contribution in [2.24, 2.45) is 5.10 Å². The maximum Gasteiger partial charge on any atom is 0.303 e. The highest BCUT2D eigenvalue weighted by Gasteiger charge is 2.35. The number of nitrogens with one attached hydrogen (secondary N) is 1. The number of fused-ring (bicyclic) bond motifs is 1. The van der Waals surface area contributed by atoms with Crippen molar-refractivity contribution < 1.29 is 14.7 Å². The lowest BCUT2D eigenvalue weighted by Gasteiger charge is -2.22. The number of carbonyl (C=O) groups excluding carboxylic acids is 1. The first-order valence-electron chi connectivity index (χ1n) is 11.6. The monoisotopic (exact) mass is 577 g/mol. The Kier molecular flexibility index (Phi) is 6.95. The molecule has 0 bridgehead atoms. The number of halogens is 2. The van der Waals surface area contributed by atoms with Gasteiger partial charge in [0.05, 0.1) is 23.7 Å². The first kappa shape index (κ1) is 24.9. The van der Waals surface area contributed by atoms with Gasteiger partial charge in [-0.1, -0.05) is 70.0 Å². The fourth-order valence-corrected chi connectivity index (χ4v) is 5.23. The van der Waals surface area contributed by atoms with Crippen LogP contribution >= 0.6 is 27.5 Å². The Bertz CT molecular complexity index is 1620. The van der Waals surface area contributed by atoms with Crippen LogP contribution in [0.4, 0.5) is 0 Å². The number of H-pyrrole nitrogens is 1. The summed E-state index contributed by atoms with van der Waals surface area (Å²) in [6.45, 7) is 0. The normalized spacial score (nSPS) is 15.1. The first-order valence-corrected chi connectivity index (χ1v) is 12.8. The minimum absolute atomic E-state index is 0.203. The van der Waals surface area contributed by atoms with Gasteiger partial charge < -0.3 is 10.1 Å². The molecule has 9 heteroatoms. The van der Waals surface area contributed by atoms with Crippen molar-refractivity contribution in [1.29, 1.82) is 0 Å². The second-order valence-electron chi connectivity index (χ2n) is 8.71. The van der Waals surface area contributed by atoms with Gasteiger partial charge in [-0.3, -0.25) is 14.4 Å². The zero-order valence-corrected chi connectivity index (χ0v) is 21.8. The molecule has 1 aromatic heterocycles. The topological polar surface area (TPSA) is 103 Å². The predicted octanol–water partition coefficient (Wildman–Crippen LogP) is 6.15. The molecule has 3 aromatic carbocycles. The molecule has 0 fully saturated rings. The van der Waals surface area contributed by atoms with Crippen molar-refractivity contribution in [3.8, 4) is 11.1 Å². The molecule has 4 aromatic rings. The van der Waals surface area contributed by atoms with Gasteiger partial charge in [-0.15, -0.1) is 0 Å². The van der Waals surface area contributed by atoms with Crippen LogP contribution in [0.3, 0.4) is 0 Å². The van der Waals surface area contributed by atoms with Crippen molar-refractivity contribution in [3.05, 3.63) is 104 Å². The average Bonchev–Trinajstić information content (AvgIpc) is 3.32. The van der Waals surface area contributed by atoms with Gasteiger partial charge in [0, 0.05) is 38.8 Å². The third kappa shape index (κ3) is 5.08. The van der Waals surface area contributed by atoms with Gasteiger partial charge >= 0.3 is 5.97 Å². The summed E-state index contributed by atoms with van der Waals surface area (Å²) < 4.78 is 0.833. The fraction of sp³-hybridized carbons (Fsp3) is 0.143. The number of carboxylic acids is 1. The van der Waals surface area contributed by atoms with E-state index in [0.29, 0.717) is 27.4 Å². The van der Waals surface area contributed by atoms with Crippen LogP contribution in [0.5, 0.6) is 0 Å². The molecule has 0 saturated heterocycles. The number of carbonyl (C=O) groups is 2. The highest BCUT2D eigenvalue weighted by Crippen LogP contribution is 2.38. The number of nitrogens with zero attached hydrogens (tertiary/aromatic N) is 2. The molecule has 1 atom stereocenters. The van der Waals surface area contributed by atoms with E-state index in [1.807, 2.05) is 54.6 Å². The molecule has 1 amide bonds. The molecule has 186 valence electrons. The van der Waals surface area contributed by atoms with Gasteiger partial charge in [0.2, 0.25) is 5.91 Å². The fourth-order valence-electron chi connectivity index (χ4n) is 4.64. The summed E-state index contributed by atoms with van der Waals surface area (Å²) in [7, 11) is 0. The lowest BCUT2D eigenvalue weighted by Crippen LogP contribution is -2.27. The Labute approximate surface area is 225 Å². The highest BCUT2D eigenvalue weighted by molar-refractivity contribution is 9.10. The van der Waals surface area contributed by atoms with Crippen LogP contribution in [0.25, 0.3) is 22.0 Å². The Morgan fingerprint density at radius 1 is 1.03 bits per heavy atom. The van der Waals surface area contributed by atoms with Crippen LogP contribution in [0.15, 0.2) is 87.2 Å². The second-order valence-corrected chi connectivity index (χ2v) is 10.1. The lowest BCUT2D eigenvalue weighted by molar-refractivity contribution is -0.141. The van der Waals surface area contributed by atoms with Crippen LogP contribution < -0.4 is 5.56 Å². The van der Waals surface area contributed by atoms with Crippen LogP contribution in [-0.4, -0.2) is 32.7 Å². The highest BCUT2D eigenvalue weighted by atomic mass is 79.9. The van der Waals surface area contributed by atoms with Gasteiger partial charge in [-0.05, 0) is 41.5 Å². The number of benzene rings is 3. The number of pyridine rings is 1. The number of aromatic nitrogens is 1. The molecule has 2 heterocycles. The van der Waals surface area contributed by atoms with Crippen LogP contribution in [0, 0.1) is 0 Å². The van der Waals surface area contributed by atoms with E-state index < -0.39 is 17.9 Å².